The summed E-state index contributed by atoms with van der Waals surface area (Å²) in [5.41, 5.74) is 4.72. The Morgan fingerprint density at radius 2 is 1.72 bits per heavy atom. The number of aromatic nitrogens is 2. The number of nitrogens with zero attached hydrogens (tertiary/aromatic N) is 5. The molecule has 172 valence electrons. The molecule has 0 aliphatic carbocycles. The van der Waals surface area contributed by atoms with Gasteiger partial charge in [-0.2, -0.15) is 18.3 Å². The molecule has 1 unspecified atom stereocenters. The maximum Gasteiger partial charge on any atom is 0.417 e. The van der Waals surface area contributed by atoms with Gasteiger partial charge in [0.1, 0.15) is 0 Å². The van der Waals surface area contributed by atoms with Crippen LogP contribution in [0.15, 0.2) is 42.6 Å². The summed E-state index contributed by atoms with van der Waals surface area (Å²) in [7, 11) is 0. The van der Waals surface area contributed by atoms with E-state index in [1.54, 1.807) is 17.1 Å². The van der Waals surface area contributed by atoms with Crippen LogP contribution in [0.3, 0.4) is 0 Å². The van der Waals surface area contributed by atoms with Crippen LogP contribution >= 0.6 is 0 Å². The average Bonchev–Trinajstić information content (AvgIpc) is 2.78. The summed E-state index contributed by atoms with van der Waals surface area (Å²) >= 11 is 0. The van der Waals surface area contributed by atoms with Crippen molar-refractivity contribution in [2.75, 3.05) is 31.2 Å². The van der Waals surface area contributed by atoms with Crippen LogP contribution in [0.1, 0.15) is 29.8 Å². The van der Waals surface area contributed by atoms with E-state index in [4.69, 9.17) is 5.73 Å². The Morgan fingerprint density at radius 1 is 1.06 bits per heavy atom. The van der Waals surface area contributed by atoms with E-state index in [0.717, 1.165) is 6.07 Å². The third-order valence-corrected chi connectivity index (χ3v) is 5.28. The molecule has 0 radical (unpaired) electrons. The van der Waals surface area contributed by atoms with Gasteiger partial charge in [-0.25, -0.2) is 10.0 Å². The number of amides is 2. The molecule has 1 aliphatic heterocycles. The van der Waals surface area contributed by atoms with E-state index in [9.17, 15) is 22.8 Å². The molecule has 11 heteroatoms. The molecule has 1 aliphatic rings. The Bertz CT molecular complexity index is 946. The van der Waals surface area contributed by atoms with Crippen LogP contribution in [0.5, 0.6) is 0 Å². The molecular formula is C21H25F3N6O2. The van der Waals surface area contributed by atoms with Gasteiger partial charge in [0.15, 0.2) is 5.82 Å². The highest BCUT2D eigenvalue weighted by atomic mass is 19.4. The summed E-state index contributed by atoms with van der Waals surface area (Å²) in [6.45, 7) is 4.34. The fourth-order valence-corrected chi connectivity index (χ4v) is 3.42. The van der Waals surface area contributed by atoms with Crippen LogP contribution in [-0.2, 0) is 11.0 Å². The molecule has 0 bridgehead atoms. The van der Waals surface area contributed by atoms with E-state index in [-0.39, 0.29) is 43.8 Å². The van der Waals surface area contributed by atoms with E-state index in [1.807, 2.05) is 13.8 Å². The fourth-order valence-electron chi connectivity index (χ4n) is 3.42. The van der Waals surface area contributed by atoms with E-state index < -0.39 is 29.3 Å². The van der Waals surface area contributed by atoms with Crippen molar-refractivity contribution in [2.45, 2.75) is 26.1 Å². The zero-order valence-electron chi connectivity index (χ0n) is 17.8. The molecule has 2 aromatic rings. The summed E-state index contributed by atoms with van der Waals surface area (Å²) in [4.78, 5) is 27.2. The van der Waals surface area contributed by atoms with Crippen molar-refractivity contribution >= 4 is 17.6 Å². The third kappa shape index (κ3) is 5.05. The number of halogens is 3. The number of hydrogen-bond acceptors (Lipinski definition) is 6. The van der Waals surface area contributed by atoms with Crippen molar-refractivity contribution in [1.29, 1.82) is 0 Å². The molecular weight excluding hydrogens is 425 g/mol. The smallest absolute Gasteiger partial charge is 0.336 e. The first-order valence-corrected chi connectivity index (χ1v) is 10.2. The summed E-state index contributed by atoms with van der Waals surface area (Å²) in [5, 5.41) is 10.9. The second-order valence-corrected chi connectivity index (χ2v) is 7.79. The van der Waals surface area contributed by atoms with Gasteiger partial charge in [-0.3, -0.25) is 9.59 Å². The SMILES string of the molecule is CC(C)C(N)C(=O)N(c1cccnn1)N1CCN(C(=O)c2ccccc2C(F)(F)F)CC1. The zero-order chi connectivity index (χ0) is 23.5. The van der Waals surface area contributed by atoms with E-state index in [1.165, 1.54) is 34.3 Å². The molecule has 1 fully saturated rings. The molecule has 1 saturated heterocycles. The van der Waals surface area contributed by atoms with Crippen LogP contribution in [0.4, 0.5) is 19.0 Å². The quantitative estimate of drug-likeness (QED) is 0.750. The second kappa shape index (κ2) is 9.61. The van der Waals surface area contributed by atoms with Crippen molar-refractivity contribution in [1.82, 2.24) is 20.1 Å². The zero-order valence-corrected chi connectivity index (χ0v) is 17.8. The van der Waals surface area contributed by atoms with Crippen molar-refractivity contribution in [2.24, 2.45) is 11.7 Å². The average molecular weight is 450 g/mol. The summed E-state index contributed by atoms with van der Waals surface area (Å²) in [6.07, 6.45) is -3.15. The molecule has 32 heavy (non-hydrogen) atoms. The maximum absolute atomic E-state index is 13.3. The highest BCUT2D eigenvalue weighted by molar-refractivity contribution is 5.97. The topological polar surface area (TPSA) is 95.7 Å². The van der Waals surface area contributed by atoms with Gasteiger partial charge in [0.25, 0.3) is 11.8 Å². The Kier molecular flexibility index (Phi) is 7.09. The summed E-state index contributed by atoms with van der Waals surface area (Å²) < 4.78 is 39.9. The molecule has 0 saturated carbocycles. The van der Waals surface area contributed by atoms with Crippen molar-refractivity contribution in [3.63, 3.8) is 0 Å². The minimum atomic E-state index is -4.63. The van der Waals surface area contributed by atoms with Crippen LogP contribution < -0.4 is 10.7 Å². The minimum absolute atomic E-state index is 0.122. The number of hydrogen-bond donors (Lipinski definition) is 1. The van der Waals surface area contributed by atoms with Gasteiger partial charge in [-0.15, -0.1) is 5.10 Å². The summed E-state index contributed by atoms with van der Waals surface area (Å²) in [5.74, 6) is -0.907. The van der Waals surface area contributed by atoms with E-state index in [2.05, 4.69) is 10.2 Å². The van der Waals surface area contributed by atoms with Gasteiger partial charge in [-0.1, -0.05) is 26.0 Å². The first-order chi connectivity index (χ1) is 15.1. The Labute approximate surface area is 183 Å². The van der Waals surface area contributed by atoms with E-state index >= 15 is 0 Å². The number of piperazine rings is 1. The molecule has 3 rings (SSSR count). The monoisotopic (exact) mass is 450 g/mol. The molecule has 8 nitrogen and oxygen atoms in total. The normalized spacial score (nSPS) is 16.2. The largest absolute Gasteiger partial charge is 0.417 e. The molecule has 0 spiro atoms. The standard InChI is InChI=1S/C21H25F3N6O2/c1-14(2)18(25)20(32)30(17-8-5-9-26-27-17)29-12-10-28(11-13-29)19(31)15-6-3-4-7-16(15)21(22,23)24/h3-9,14,18H,10-13,25H2,1-2H3. The number of rotatable bonds is 5. The lowest BCUT2D eigenvalue weighted by Crippen LogP contribution is -2.60. The third-order valence-electron chi connectivity index (χ3n) is 5.28. The first-order valence-electron chi connectivity index (χ1n) is 10.2. The predicted molar refractivity (Wildman–Crippen MR) is 111 cm³/mol. The molecule has 2 amide bonds. The Morgan fingerprint density at radius 3 is 2.28 bits per heavy atom. The Hall–Kier alpha value is -3.05. The van der Waals surface area contributed by atoms with Gasteiger partial charge in [-0.05, 0) is 30.2 Å². The van der Waals surface area contributed by atoms with Crippen LogP contribution in [0.25, 0.3) is 0 Å². The lowest BCUT2D eigenvalue weighted by Gasteiger charge is -2.41. The number of hydrazine groups is 1. The number of carbonyl (C=O) groups is 2. The summed E-state index contributed by atoms with van der Waals surface area (Å²) in [6, 6.07) is 7.20. The Balaban J connectivity index is 1.78. The first kappa shape index (κ1) is 23.6. The van der Waals surface area contributed by atoms with Gasteiger partial charge < -0.3 is 10.6 Å². The van der Waals surface area contributed by atoms with Crippen LogP contribution in [-0.4, -0.2) is 64.1 Å². The van der Waals surface area contributed by atoms with E-state index in [0.29, 0.717) is 0 Å². The molecule has 1 aromatic carbocycles. The second-order valence-electron chi connectivity index (χ2n) is 7.79. The lowest BCUT2D eigenvalue weighted by atomic mass is 10.0. The molecule has 2 heterocycles. The van der Waals surface area contributed by atoms with Crippen molar-refractivity contribution in [3.8, 4) is 0 Å². The minimum Gasteiger partial charge on any atom is -0.336 e. The lowest BCUT2D eigenvalue weighted by molar-refractivity contribution is -0.138. The highest BCUT2D eigenvalue weighted by Gasteiger charge is 2.37. The van der Waals surface area contributed by atoms with Crippen molar-refractivity contribution < 1.29 is 22.8 Å². The molecule has 2 N–H and O–H groups in total. The van der Waals surface area contributed by atoms with Crippen LogP contribution in [0.2, 0.25) is 0 Å². The van der Waals surface area contributed by atoms with Gasteiger partial charge >= 0.3 is 6.18 Å². The van der Waals surface area contributed by atoms with Gasteiger partial charge in [0.2, 0.25) is 0 Å². The number of alkyl halides is 3. The maximum atomic E-state index is 13.3. The predicted octanol–water partition coefficient (Wildman–Crippen LogP) is 2.18. The van der Waals surface area contributed by atoms with Crippen molar-refractivity contribution in [3.05, 3.63) is 53.7 Å². The molecule has 1 atom stereocenters. The number of carbonyl (C=O) groups excluding carboxylic acids is 2. The number of anilines is 1. The molecule has 1 aromatic heterocycles. The van der Waals surface area contributed by atoms with Gasteiger partial charge in [0, 0.05) is 32.4 Å². The number of benzene rings is 1. The fraction of sp³-hybridized carbons (Fsp3) is 0.429. The number of nitrogens with two attached hydrogens (primary N) is 1. The highest BCUT2D eigenvalue weighted by Crippen LogP contribution is 2.32. The van der Waals surface area contributed by atoms with Crippen LogP contribution in [0, 0.1) is 5.92 Å². The van der Waals surface area contributed by atoms with Gasteiger partial charge in [0.05, 0.1) is 17.2 Å².